The summed E-state index contributed by atoms with van der Waals surface area (Å²) in [6, 6.07) is 26.8. The molecule has 0 bridgehead atoms. The van der Waals surface area contributed by atoms with Crippen molar-refractivity contribution in [1.29, 1.82) is 0 Å². The van der Waals surface area contributed by atoms with Crippen LogP contribution in [-0.4, -0.2) is 4.98 Å². The molecule has 0 aliphatic rings. The van der Waals surface area contributed by atoms with Gasteiger partial charge in [-0.2, -0.15) is 0 Å². The van der Waals surface area contributed by atoms with Gasteiger partial charge in [0.15, 0.2) is 0 Å². The minimum Gasteiger partial charge on any atom is -0.488 e. The number of hydrogen-bond acceptors (Lipinski definition) is 2. The van der Waals surface area contributed by atoms with Crippen LogP contribution >= 0.6 is 0 Å². The second-order valence-corrected chi connectivity index (χ2v) is 5.66. The van der Waals surface area contributed by atoms with Crippen LogP contribution in [0.5, 0.6) is 5.75 Å². The van der Waals surface area contributed by atoms with Gasteiger partial charge in [0.25, 0.3) is 0 Å². The first-order valence-electron chi connectivity index (χ1n) is 8.01. The fraction of sp³-hybridized carbons (Fsp3) is 0.0455. The summed E-state index contributed by atoms with van der Waals surface area (Å²) in [5, 5.41) is 2.18. The standard InChI is InChI=1S/C22H17NO/c1-2-7-17(8-3-1)20-11-5-4-9-19(20)16-24-22-12-6-10-18-15-23-14-13-21(18)22/h1-15H,16H2. The van der Waals surface area contributed by atoms with E-state index >= 15 is 0 Å². The quantitative estimate of drug-likeness (QED) is 0.498. The van der Waals surface area contributed by atoms with Crippen molar-refractivity contribution >= 4 is 10.8 Å². The van der Waals surface area contributed by atoms with Crippen LogP contribution in [0, 0.1) is 0 Å². The van der Waals surface area contributed by atoms with Gasteiger partial charge in [0.05, 0.1) is 0 Å². The molecule has 0 N–H and O–H groups in total. The fourth-order valence-corrected chi connectivity index (χ4v) is 2.92. The SMILES string of the molecule is c1ccc(-c2ccccc2COc2cccc3cnccc23)cc1. The van der Waals surface area contributed by atoms with Crippen molar-refractivity contribution in [1.82, 2.24) is 4.98 Å². The Morgan fingerprint density at radius 2 is 1.58 bits per heavy atom. The summed E-state index contributed by atoms with van der Waals surface area (Å²) < 4.78 is 6.14. The molecular formula is C22H17NO. The van der Waals surface area contributed by atoms with E-state index in [-0.39, 0.29) is 0 Å². The molecule has 0 fully saturated rings. The van der Waals surface area contributed by atoms with Crippen LogP contribution < -0.4 is 4.74 Å². The van der Waals surface area contributed by atoms with Crippen molar-refractivity contribution in [2.75, 3.05) is 0 Å². The lowest BCUT2D eigenvalue weighted by Crippen LogP contribution is -1.98. The third-order valence-corrected chi connectivity index (χ3v) is 4.13. The van der Waals surface area contributed by atoms with E-state index in [1.165, 1.54) is 16.7 Å². The molecule has 0 amide bonds. The topological polar surface area (TPSA) is 22.1 Å². The number of ether oxygens (including phenoxy) is 1. The Kier molecular flexibility index (Phi) is 3.95. The van der Waals surface area contributed by atoms with Crippen molar-refractivity contribution in [3.05, 3.63) is 96.8 Å². The molecule has 0 aliphatic heterocycles. The van der Waals surface area contributed by atoms with E-state index in [0.717, 1.165) is 16.5 Å². The molecule has 2 heteroatoms. The Labute approximate surface area is 141 Å². The molecule has 0 aliphatic carbocycles. The van der Waals surface area contributed by atoms with Crippen LogP contribution in [0.2, 0.25) is 0 Å². The van der Waals surface area contributed by atoms with E-state index in [1.54, 1.807) is 6.20 Å². The minimum absolute atomic E-state index is 0.534. The molecule has 2 nitrogen and oxygen atoms in total. The Bertz CT molecular complexity index is 958. The second-order valence-electron chi connectivity index (χ2n) is 5.66. The average molecular weight is 311 g/mol. The number of benzene rings is 3. The van der Waals surface area contributed by atoms with E-state index in [4.69, 9.17) is 4.74 Å². The lowest BCUT2D eigenvalue weighted by atomic mass is 10.0. The first-order valence-corrected chi connectivity index (χ1v) is 8.01. The molecule has 0 saturated heterocycles. The van der Waals surface area contributed by atoms with Gasteiger partial charge in [-0.05, 0) is 28.8 Å². The van der Waals surface area contributed by atoms with Crippen molar-refractivity contribution in [3.8, 4) is 16.9 Å². The van der Waals surface area contributed by atoms with E-state index < -0.39 is 0 Å². The van der Waals surface area contributed by atoms with E-state index in [2.05, 4.69) is 53.5 Å². The molecule has 0 radical (unpaired) electrons. The third-order valence-electron chi connectivity index (χ3n) is 4.13. The van der Waals surface area contributed by atoms with Gasteiger partial charge in [-0.25, -0.2) is 0 Å². The van der Waals surface area contributed by atoms with Gasteiger partial charge in [0, 0.05) is 23.2 Å². The van der Waals surface area contributed by atoms with Gasteiger partial charge in [0.2, 0.25) is 0 Å². The van der Waals surface area contributed by atoms with Crippen molar-refractivity contribution in [2.24, 2.45) is 0 Å². The van der Waals surface area contributed by atoms with Crippen LogP contribution in [-0.2, 0) is 6.61 Å². The zero-order chi connectivity index (χ0) is 16.2. The number of fused-ring (bicyclic) bond motifs is 1. The zero-order valence-electron chi connectivity index (χ0n) is 13.2. The molecule has 4 rings (SSSR count). The largest absolute Gasteiger partial charge is 0.488 e. The molecule has 1 aromatic heterocycles. The number of pyridine rings is 1. The summed E-state index contributed by atoms with van der Waals surface area (Å²) in [6.07, 6.45) is 3.66. The maximum Gasteiger partial charge on any atom is 0.127 e. The molecule has 1 heterocycles. The molecule has 0 spiro atoms. The van der Waals surface area contributed by atoms with Crippen molar-refractivity contribution < 1.29 is 4.74 Å². The minimum atomic E-state index is 0.534. The molecule has 0 atom stereocenters. The number of rotatable bonds is 4. The van der Waals surface area contributed by atoms with Gasteiger partial charge < -0.3 is 4.74 Å². The summed E-state index contributed by atoms with van der Waals surface area (Å²) in [4.78, 5) is 4.17. The van der Waals surface area contributed by atoms with Gasteiger partial charge in [-0.15, -0.1) is 0 Å². The Morgan fingerprint density at radius 1 is 0.750 bits per heavy atom. The summed E-state index contributed by atoms with van der Waals surface area (Å²) >= 11 is 0. The fourth-order valence-electron chi connectivity index (χ4n) is 2.92. The summed E-state index contributed by atoms with van der Waals surface area (Å²) in [5.41, 5.74) is 3.59. The van der Waals surface area contributed by atoms with Crippen molar-refractivity contribution in [3.63, 3.8) is 0 Å². The lowest BCUT2D eigenvalue weighted by Gasteiger charge is -2.13. The van der Waals surface area contributed by atoms with Gasteiger partial charge in [-0.1, -0.05) is 66.7 Å². The van der Waals surface area contributed by atoms with E-state index in [9.17, 15) is 0 Å². The van der Waals surface area contributed by atoms with Crippen LogP contribution in [0.25, 0.3) is 21.9 Å². The maximum atomic E-state index is 6.14. The number of aromatic nitrogens is 1. The highest BCUT2D eigenvalue weighted by molar-refractivity contribution is 5.87. The molecule has 4 aromatic rings. The molecule has 0 saturated carbocycles. The summed E-state index contributed by atoms with van der Waals surface area (Å²) in [5.74, 6) is 0.887. The normalized spacial score (nSPS) is 10.7. The van der Waals surface area contributed by atoms with Gasteiger partial charge in [-0.3, -0.25) is 4.98 Å². The Balaban J connectivity index is 1.65. The van der Waals surface area contributed by atoms with Crippen LogP contribution in [0.4, 0.5) is 0 Å². The highest BCUT2D eigenvalue weighted by Gasteiger charge is 2.07. The molecule has 0 unspecified atom stereocenters. The zero-order valence-corrected chi connectivity index (χ0v) is 13.2. The predicted molar refractivity (Wildman–Crippen MR) is 98.0 cm³/mol. The Morgan fingerprint density at radius 3 is 2.50 bits per heavy atom. The highest BCUT2D eigenvalue weighted by atomic mass is 16.5. The van der Waals surface area contributed by atoms with Gasteiger partial charge in [0.1, 0.15) is 12.4 Å². The van der Waals surface area contributed by atoms with Crippen LogP contribution in [0.15, 0.2) is 91.3 Å². The predicted octanol–water partition coefficient (Wildman–Crippen LogP) is 5.48. The smallest absolute Gasteiger partial charge is 0.127 e. The molecule has 24 heavy (non-hydrogen) atoms. The highest BCUT2D eigenvalue weighted by Crippen LogP contribution is 2.28. The average Bonchev–Trinajstić information content (AvgIpc) is 2.67. The second kappa shape index (κ2) is 6.55. The molecule has 3 aromatic carbocycles. The van der Waals surface area contributed by atoms with E-state index in [0.29, 0.717) is 6.61 Å². The third kappa shape index (κ3) is 2.86. The van der Waals surface area contributed by atoms with Crippen LogP contribution in [0.1, 0.15) is 5.56 Å². The summed E-state index contributed by atoms with van der Waals surface area (Å²) in [6.45, 7) is 0.534. The monoisotopic (exact) mass is 311 g/mol. The number of hydrogen-bond donors (Lipinski definition) is 0. The lowest BCUT2D eigenvalue weighted by molar-refractivity contribution is 0.310. The first kappa shape index (κ1) is 14.5. The maximum absolute atomic E-state index is 6.14. The van der Waals surface area contributed by atoms with E-state index in [1.807, 2.05) is 36.5 Å². The van der Waals surface area contributed by atoms with Gasteiger partial charge >= 0.3 is 0 Å². The first-order chi connectivity index (χ1) is 11.9. The number of nitrogens with zero attached hydrogens (tertiary/aromatic N) is 1. The summed E-state index contributed by atoms with van der Waals surface area (Å²) in [7, 11) is 0. The van der Waals surface area contributed by atoms with Crippen molar-refractivity contribution in [2.45, 2.75) is 6.61 Å². The molecule has 116 valence electrons. The van der Waals surface area contributed by atoms with Crippen LogP contribution in [0.3, 0.4) is 0 Å². The molecular weight excluding hydrogens is 294 g/mol. The Hall–Kier alpha value is -3.13.